The zero-order valence-electron chi connectivity index (χ0n) is 12.0. The Morgan fingerprint density at radius 3 is 3.00 bits per heavy atom. The normalized spacial score (nSPS) is 17.4. The Hall–Kier alpha value is -2.10. The summed E-state index contributed by atoms with van der Waals surface area (Å²) in [5.74, 6) is 0.624. The second-order valence-corrected chi connectivity index (χ2v) is 5.15. The van der Waals surface area contributed by atoms with E-state index in [0.29, 0.717) is 30.9 Å². The van der Waals surface area contributed by atoms with Crippen LogP contribution in [0.5, 0.6) is 5.75 Å². The van der Waals surface area contributed by atoms with Crippen molar-refractivity contribution < 1.29 is 14.6 Å². The van der Waals surface area contributed by atoms with Crippen LogP contribution in [0.1, 0.15) is 5.56 Å². The molecule has 0 aliphatic carbocycles. The van der Waals surface area contributed by atoms with E-state index in [2.05, 4.69) is 0 Å². The molecular formula is C15H19N3O3. The summed E-state index contributed by atoms with van der Waals surface area (Å²) in [7, 11) is 1.78. The first kappa shape index (κ1) is 15.3. The molecule has 6 heteroatoms. The van der Waals surface area contributed by atoms with Gasteiger partial charge in [-0.3, -0.25) is 9.69 Å². The van der Waals surface area contributed by atoms with Crippen molar-refractivity contribution in [3.8, 4) is 11.8 Å². The van der Waals surface area contributed by atoms with Gasteiger partial charge in [-0.25, -0.2) is 0 Å². The summed E-state index contributed by atoms with van der Waals surface area (Å²) in [4.78, 5) is 15.2. The van der Waals surface area contributed by atoms with Gasteiger partial charge >= 0.3 is 0 Å². The molecule has 21 heavy (non-hydrogen) atoms. The number of hydrogen-bond acceptors (Lipinski definition) is 5. The van der Waals surface area contributed by atoms with E-state index in [1.165, 1.54) is 0 Å². The first-order valence-corrected chi connectivity index (χ1v) is 6.86. The van der Waals surface area contributed by atoms with Crippen LogP contribution in [0.2, 0.25) is 0 Å². The fourth-order valence-electron chi connectivity index (χ4n) is 2.16. The molecule has 6 nitrogen and oxygen atoms in total. The van der Waals surface area contributed by atoms with Gasteiger partial charge in [0.1, 0.15) is 18.5 Å². The number of carbonyl (C=O) groups is 1. The first-order chi connectivity index (χ1) is 10.1. The van der Waals surface area contributed by atoms with Gasteiger partial charge in [-0.15, -0.1) is 0 Å². The largest absolute Gasteiger partial charge is 0.491 e. The molecule has 1 saturated heterocycles. The number of ether oxygens (including phenoxy) is 1. The minimum atomic E-state index is -0.674. The maximum atomic E-state index is 11.6. The average Bonchev–Trinajstić information content (AvgIpc) is 2.49. The van der Waals surface area contributed by atoms with E-state index in [-0.39, 0.29) is 12.5 Å². The highest BCUT2D eigenvalue weighted by molar-refractivity contribution is 5.78. The van der Waals surface area contributed by atoms with E-state index < -0.39 is 6.10 Å². The van der Waals surface area contributed by atoms with Crippen LogP contribution in [0.4, 0.5) is 0 Å². The number of piperazine rings is 1. The predicted octanol–water partition coefficient (Wildman–Crippen LogP) is 0.0720. The third-order valence-corrected chi connectivity index (χ3v) is 3.41. The van der Waals surface area contributed by atoms with Crippen LogP contribution < -0.4 is 4.74 Å². The van der Waals surface area contributed by atoms with Crippen molar-refractivity contribution in [2.24, 2.45) is 0 Å². The molecule has 112 valence electrons. The van der Waals surface area contributed by atoms with Crippen molar-refractivity contribution in [2.45, 2.75) is 6.10 Å². The van der Waals surface area contributed by atoms with E-state index in [4.69, 9.17) is 10.00 Å². The van der Waals surface area contributed by atoms with Crippen molar-refractivity contribution in [3.63, 3.8) is 0 Å². The van der Waals surface area contributed by atoms with Crippen LogP contribution in [0.3, 0.4) is 0 Å². The number of benzene rings is 1. The summed E-state index contributed by atoms with van der Waals surface area (Å²) >= 11 is 0. The quantitative estimate of drug-likeness (QED) is 0.830. The molecule has 1 amide bonds. The second kappa shape index (κ2) is 7.07. The summed E-state index contributed by atoms with van der Waals surface area (Å²) in [5, 5.41) is 18.8. The fourth-order valence-corrected chi connectivity index (χ4v) is 2.16. The summed E-state index contributed by atoms with van der Waals surface area (Å²) in [6, 6.07) is 8.84. The third-order valence-electron chi connectivity index (χ3n) is 3.41. The molecule has 1 aliphatic heterocycles. The standard InChI is InChI=1S/C15H19N3O3/c1-17-5-6-18(10-15(17)20)9-13(19)11-21-14-4-2-3-12(7-14)8-16/h2-4,7,13,19H,5-6,9-11H2,1H3. The minimum absolute atomic E-state index is 0.0658. The van der Waals surface area contributed by atoms with Gasteiger partial charge in [0.05, 0.1) is 18.2 Å². The van der Waals surface area contributed by atoms with Gasteiger partial charge in [0.2, 0.25) is 5.91 Å². The maximum absolute atomic E-state index is 11.6. The second-order valence-electron chi connectivity index (χ2n) is 5.15. The number of β-amino-alcohol motifs (C(OH)–C–C–N with tert-alkyl or cyclic N) is 1. The molecule has 0 radical (unpaired) electrons. The third kappa shape index (κ3) is 4.45. The van der Waals surface area contributed by atoms with E-state index in [1.807, 2.05) is 11.0 Å². The monoisotopic (exact) mass is 289 g/mol. The summed E-state index contributed by atoms with van der Waals surface area (Å²) in [6.45, 7) is 2.30. The minimum Gasteiger partial charge on any atom is -0.491 e. The number of aliphatic hydroxyl groups is 1. The Morgan fingerprint density at radius 2 is 2.29 bits per heavy atom. The lowest BCUT2D eigenvalue weighted by Gasteiger charge is -2.32. The SMILES string of the molecule is CN1CCN(CC(O)COc2cccc(C#N)c2)CC1=O. The molecule has 1 heterocycles. The lowest BCUT2D eigenvalue weighted by atomic mass is 10.2. The van der Waals surface area contributed by atoms with Crippen LogP contribution in [0, 0.1) is 11.3 Å². The van der Waals surface area contributed by atoms with E-state index in [1.54, 1.807) is 36.2 Å². The van der Waals surface area contributed by atoms with Crippen molar-refractivity contribution in [2.75, 3.05) is 39.8 Å². The smallest absolute Gasteiger partial charge is 0.236 e. The number of nitrogens with zero attached hydrogens (tertiary/aromatic N) is 3. The Labute approximate surface area is 124 Å². The zero-order valence-corrected chi connectivity index (χ0v) is 12.0. The highest BCUT2D eigenvalue weighted by Crippen LogP contribution is 2.13. The zero-order chi connectivity index (χ0) is 15.2. The van der Waals surface area contributed by atoms with Crippen molar-refractivity contribution in [1.29, 1.82) is 5.26 Å². The molecule has 1 unspecified atom stereocenters. The maximum Gasteiger partial charge on any atom is 0.236 e. The van der Waals surface area contributed by atoms with Gasteiger partial charge in [-0.1, -0.05) is 6.07 Å². The topological polar surface area (TPSA) is 76.8 Å². The molecule has 0 saturated carbocycles. The molecule has 1 atom stereocenters. The van der Waals surface area contributed by atoms with Gasteiger partial charge in [0, 0.05) is 26.7 Å². The number of aliphatic hydroxyl groups excluding tert-OH is 1. The molecule has 2 rings (SSSR count). The molecule has 1 N–H and O–H groups in total. The van der Waals surface area contributed by atoms with Gasteiger partial charge in [-0.2, -0.15) is 5.26 Å². The Balaban J connectivity index is 1.78. The summed E-state index contributed by atoms with van der Waals surface area (Å²) in [6.07, 6.45) is -0.674. The van der Waals surface area contributed by atoms with Crippen molar-refractivity contribution in [3.05, 3.63) is 29.8 Å². The summed E-state index contributed by atoms with van der Waals surface area (Å²) in [5.41, 5.74) is 0.520. The predicted molar refractivity (Wildman–Crippen MR) is 76.7 cm³/mol. The van der Waals surface area contributed by atoms with Gasteiger partial charge < -0.3 is 14.7 Å². The van der Waals surface area contributed by atoms with E-state index in [9.17, 15) is 9.90 Å². The van der Waals surface area contributed by atoms with Gasteiger partial charge in [0.15, 0.2) is 0 Å². The number of hydrogen-bond donors (Lipinski definition) is 1. The van der Waals surface area contributed by atoms with Crippen LogP contribution in [0.15, 0.2) is 24.3 Å². The van der Waals surface area contributed by atoms with Gasteiger partial charge in [-0.05, 0) is 18.2 Å². The van der Waals surface area contributed by atoms with Crippen LogP contribution in [-0.4, -0.2) is 66.8 Å². The molecule has 0 bridgehead atoms. The number of likely N-dealkylation sites (N-methyl/N-ethyl adjacent to an activating group) is 1. The molecular weight excluding hydrogens is 270 g/mol. The lowest BCUT2D eigenvalue weighted by molar-refractivity contribution is -0.135. The average molecular weight is 289 g/mol. The van der Waals surface area contributed by atoms with Crippen molar-refractivity contribution in [1.82, 2.24) is 9.80 Å². The Morgan fingerprint density at radius 1 is 1.48 bits per heavy atom. The first-order valence-electron chi connectivity index (χ1n) is 6.86. The lowest BCUT2D eigenvalue weighted by Crippen LogP contribution is -2.51. The number of carbonyl (C=O) groups excluding carboxylic acids is 1. The number of rotatable bonds is 5. The van der Waals surface area contributed by atoms with Crippen LogP contribution in [0.25, 0.3) is 0 Å². The Bertz CT molecular complexity index is 541. The molecule has 1 aliphatic rings. The van der Waals surface area contributed by atoms with Crippen LogP contribution in [-0.2, 0) is 4.79 Å². The fraction of sp³-hybridized carbons (Fsp3) is 0.467. The van der Waals surface area contributed by atoms with E-state index >= 15 is 0 Å². The molecule has 0 aromatic heterocycles. The molecule has 1 aromatic carbocycles. The highest BCUT2D eigenvalue weighted by atomic mass is 16.5. The van der Waals surface area contributed by atoms with Crippen molar-refractivity contribution >= 4 is 5.91 Å². The van der Waals surface area contributed by atoms with Gasteiger partial charge in [0.25, 0.3) is 0 Å². The number of amides is 1. The molecule has 1 fully saturated rings. The highest BCUT2D eigenvalue weighted by Gasteiger charge is 2.22. The summed E-state index contributed by atoms with van der Waals surface area (Å²) < 4.78 is 5.48. The number of nitriles is 1. The molecule has 1 aromatic rings. The van der Waals surface area contributed by atoms with E-state index in [0.717, 1.165) is 6.54 Å². The van der Waals surface area contributed by atoms with Crippen LogP contribution >= 0.6 is 0 Å². The Kier molecular flexibility index (Phi) is 5.14. The molecule has 0 spiro atoms.